The van der Waals surface area contributed by atoms with Gasteiger partial charge in [0, 0.05) is 24.6 Å². The van der Waals surface area contributed by atoms with Gasteiger partial charge in [0.05, 0.1) is 5.69 Å². The zero-order valence-electron chi connectivity index (χ0n) is 12.5. The molecule has 0 bridgehead atoms. The number of hydrogen-bond donors (Lipinski definition) is 1. The maximum absolute atomic E-state index is 3.68. The molecule has 1 N–H and O–H groups in total. The largest absolute Gasteiger partial charge is 0.374 e. The Balaban J connectivity index is 2.57. The van der Waals surface area contributed by atoms with Gasteiger partial charge in [0.15, 0.2) is 0 Å². The molecule has 1 rings (SSSR count). The third-order valence-corrected chi connectivity index (χ3v) is 3.74. The predicted molar refractivity (Wildman–Crippen MR) is 88.0 cm³/mol. The molecule has 0 aliphatic carbocycles. The van der Waals surface area contributed by atoms with Crippen LogP contribution >= 0.6 is 15.9 Å². The molecule has 0 atom stereocenters. The second kappa shape index (κ2) is 8.56. The molecule has 0 amide bonds. The van der Waals surface area contributed by atoms with E-state index in [9.17, 15) is 0 Å². The molecule has 0 aliphatic rings. The summed E-state index contributed by atoms with van der Waals surface area (Å²) in [6.07, 6.45) is 1.18. The molecule has 0 aromatic heterocycles. The van der Waals surface area contributed by atoms with Gasteiger partial charge < -0.3 is 15.1 Å². The Morgan fingerprint density at radius 3 is 2.47 bits per heavy atom. The molecule has 19 heavy (non-hydrogen) atoms. The minimum Gasteiger partial charge on any atom is -0.374 e. The van der Waals surface area contributed by atoms with E-state index in [1.54, 1.807) is 0 Å². The number of halogens is 1. The summed E-state index contributed by atoms with van der Waals surface area (Å²) in [5.74, 6) is 0. The molecule has 0 spiro atoms. The topological polar surface area (TPSA) is 18.5 Å². The highest BCUT2D eigenvalue weighted by Crippen LogP contribution is 2.26. The molecular weight excluding hydrogens is 302 g/mol. The van der Waals surface area contributed by atoms with Gasteiger partial charge in [0.2, 0.25) is 0 Å². The first-order chi connectivity index (χ1) is 9.04. The van der Waals surface area contributed by atoms with E-state index in [1.807, 2.05) is 0 Å². The van der Waals surface area contributed by atoms with E-state index in [2.05, 4.69) is 77.3 Å². The lowest BCUT2D eigenvalue weighted by molar-refractivity contribution is 0.401. The van der Waals surface area contributed by atoms with Crippen molar-refractivity contribution in [3.8, 4) is 0 Å². The first kappa shape index (κ1) is 16.5. The first-order valence-electron chi connectivity index (χ1n) is 6.89. The van der Waals surface area contributed by atoms with Crippen LogP contribution in [0.2, 0.25) is 0 Å². The molecule has 0 aliphatic heterocycles. The number of benzene rings is 1. The molecule has 0 saturated carbocycles. The second-order valence-corrected chi connectivity index (χ2v) is 6.00. The second-order valence-electron chi connectivity index (χ2n) is 5.14. The Bertz CT molecular complexity index is 380. The highest BCUT2D eigenvalue weighted by molar-refractivity contribution is 9.10. The van der Waals surface area contributed by atoms with Crippen LogP contribution in [0.4, 0.5) is 5.69 Å². The summed E-state index contributed by atoms with van der Waals surface area (Å²) < 4.78 is 1.18. The third-order valence-electron chi connectivity index (χ3n) is 3.10. The van der Waals surface area contributed by atoms with Gasteiger partial charge >= 0.3 is 0 Å². The number of rotatable bonds is 8. The molecule has 0 radical (unpaired) electrons. The Labute approximate surface area is 126 Å². The fraction of sp³-hybridized carbons (Fsp3) is 0.600. The van der Waals surface area contributed by atoms with Gasteiger partial charge in [-0.25, -0.2) is 0 Å². The summed E-state index contributed by atoms with van der Waals surface area (Å²) >= 11 is 3.68. The fourth-order valence-electron chi connectivity index (χ4n) is 1.98. The molecular formula is C15H26BrN3. The van der Waals surface area contributed by atoms with Gasteiger partial charge in [0.25, 0.3) is 0 Å². The summed E-state index contributed by atoms with van der Waals surface area (Å²) in [5, 5.41) is 3.35. The summed E-state index contributed by atoms with van der Waals surface area (Å²) in [6, 6.07) is 6.61. The number of nitrogens with zero attached hydrogens (tertiary/aromatic N) is 2. The van der Waals surface area contributed by atoms with Crippen LogP contribution in [-0.2, 0) is 6.54 Å². The minimum absolute atomic E-state index is 0.930. The van der Waals surface area contributed by atoms with Crippen molar-refractivity contribution in [2.24, 2.45) is 0 Å². The molecule has 4 heteroatoms. The number of anilines is 1. The Hall–Kier alpha value is -0.580. The van der Waals surface area contributed by atoms with Crippen molar-refractivity contribution in [1.29, 1.82) is 0 Å². The molecule has 1 aromatic carbocycles. The van der Waals surface area contributed by atoms with Gasteiger partial charge in [0.1, 0.15) is 0 Å². The van der Waals surface area contributed by atoms with Gasteiger partial charge in [-0.05, 0) is 67.2 Å². The zero-order chi connectivity index (χ0) is 14.3. The summed E-state index contributed by atoms with van der Waals surface area (Å²) in [4.78, 5) is 4.53. The Kier molecular flexibility index (Phi) is 7.42. The maximum atomic E-state index is 3.68. The van der Waals surface area contributed by atoms with Gasteiger partial charge in [-0.1, -0.05) is 13.0 Å². The van der Waals surface area contributed by atoms with Crippen molar-refractivity contribution < 1.29 is 0 Å². The van der Waals surface area contributed by atoms with Crippen LogP contribution in [0.3, 0.4) is 0 Å². The van der Waals surface area contributed by atoms with E-state index in [-0.39, 0.29) is 0 Å². The maximum Gasteiger partial charge on any atom is 0.0508 e. The average Bonchev–Trinajstić information content (AvgIpc) is 2.35. The van der Waals surface area contributed by atoms with Gasteiger partial charge in [-0.2, -0.15) is 0 Å². The molecule has 3 nitrogen and oxygen atoms in total. The highest BCUT2D eigenvalue weighted by Gasteiger charge is 2.06. The first-order valence-corrected chi connectivity index (χ1v) is 7.69. The van der Waals surface area contributed by atoms with Crippen LogP contribution in [0.15, 0.2) is 22.7 Å². The molecule has 0 fully saturated rings. The minimum atomic E-state index is 0.930. The van der Waals surface area contributed by atoms with Crippen molar-refractivity contribution >= 4 is 21.6 Å². The lowest BCUT2D eigenvalue weighted by Gasteiger charge is -2.22. The molecule has 108 valence electrons. The number of nitrogens with one attached hydrogen (secondary N) is 1. The Morgan fingerprint density at radius 2 is 1.89 bits per heavy atom. The van der Waals surface area contributed by atoms with Crippen LogP contribution in [-0.4, -0.2) is 45.7 Å². The quantitative estimate of drug-likeness (QED) is 0.792. The van der Waals surface area contributed by atoms with E-state index < -0.39 is 0 Å². The van der Waals surface area contributed by atoms with Crippen LogP contribution < -0.4 is 10.2 Å². The van der Waals surface area contributed by atoms with E-state index in [1.165, 1.54) is 22.1 Å². The SMILES string of the molecule is CCNCc1ccc(N(C)CCCN(C)C)c(Br)c1. The van der Waals surface area contributed by atoms with E-state index in [0.717, 1.165) is 26.2 Å². The van der Waals surface area contributed by atoms with E-state index >= 15 is 0 Å². The van der Waals surface area contributed by atoms with E-state index in [0.29, 0.717) is 0 Å². The monoisotopic (exact) mass is 327 g/mol. The lowest BCUT2D eigenvalue weighted by atomic mass is 10.2. The van der Waals surface area contributed by atoms with Crippen LogP contribution in [0.25, 0.3) is 0 Å². The van der Waals surface area contributed by atoms with Crippen LogP contribution in [0.5, 0.6) is 0 Å². The van der Waals surface area contributed by atoms with Crippen LogP contribution in [0, 0.1) is 0 Å². The highest BCUT2D eigenvalue weighted by atomic mass is 79.9. The predicted octanol–water partition coefficient (Wildman–Crippen LogP) is 2.95. The fourth-order valence-corrected chi connectivity index (χ4v) is 2.71. The van der Waals surface area contributed by atoms with Gasteiger partial charge in [-0.15, -0.1) is 0 Å². The van der Waals surface area contributed by atoms with Crippen molar-refractivity contribution in [2.75, 3.05) is 45.7 Å². The molecule has 0 saturated heterocycles. The molecule has 0 heterocycles. The van der Waals surface area contributed by atoms with Crippen molar-refractivity contribution in [3.63, 3.8) is 0 Å². The Morgan fingerprint density at radius 1 is 1.16 bits per heavy atom. The van der Waals surface area contributed by atoms with Crippen molar-refractivity contribution in [1.82, 2.24) is 10.2 Å². The summed E-state index contributed by atoms with van der Waals surface area (Å²) in [5.41, 5.74) is 2.58. The normalized spacial score (nSPS) is 11.1. The lowest BCUT2D eigenvalue weighted by Crippen LogP contribution is -2.23. The molecule has 0 unspecified atom stereocenters. The van der Waals surface area contributed by atoms with Crippen molar-refractivity contribution in [3.05, 3.63) is 28.2 Å². The van der Waals surface area contributed by atoms with Crippen LogP contribution in [0.1, 0.15) is 18.9 Å². The molecule has 1 aromatic rings. The summed E-state index contributed by atoms with van der Waals surface area (Å²) in [7, 11) is 6.39. The summed E-state index contributed by atoms with van der Waals surface area (Å²) in [6.45, 7) is 6.26. The number of hydrogen-bond acceptors (Lipinski definition) is 3. The van der Waals surface area contributed by atoms with Crippen molar-refractivity contribution in [2.45, 2.75) is 19.9 Å². The van der Waals surface area contributed by atoms with E-state index in [4.69, 9.17) is 0 Å². The average molecular weight is 328 g/mol. The third kappa shape index (κ3) is 5.93. The van der Waals surface area contributed by atoms with Gasteiger partial charge in [-0.3, -0.25) is 0 Å². The zero-order valence-corrected chi connectivity index (χ0v) is 14.1. The standard InChI is InChI=1S/C15H26BrN3/c1-5-17-12-13-7-8-15(14(16)11-13)19(4)10-6-9-18(2)3/h7-8,11,17H,5-6,9-10,12H2,1-4H3. The smallest absolute Gasteiger partial charge is 0.0508 e.